The van der Waals surface area contributed by atoms with Gasteiger partial charge in [-0.15, -0.1) is 11.3 Å². The maximum atomic E-state index is 11.5. The Balaban J connectivity index is 2.00. The summed E-state index contributed by atoms with van der Waals surface area (Å²) in [4.78, 5) is 18.4. The van der Waals surface area contributed by atoms with Crippen molar-refractivity contribution in [2.45, 2.75) is 13.5 Å². The maximum absolute atomic E-state index is 11.5. The second kappa shape index (κ2) is 4.68. The molecule has 0 fully saturated rings. The van der Waals surface area contributed by atoms with E-state index >= 15 is 0 Å². The van der Waals surface area contributed by atoms with E-state index in [1.165, 1.54) is 11.3 Å². The number of carboxylic acids is 1. The number of hydrogen-bond acceptors (Lipinski definition) is 5. The molecule has 1 N–H and O–H groups in total. The van der Waals surface area contributed by atoms with Gasteiger partial charge in [-0.25, -0.2) is 9.78 Å². The molecule has 3 heterocycles. The van der Waals surface area contributed by atoms with Crippen LogP contribution in [0.2, 0.25) is 0 Å². The van der Waals surface area contributed by atoms with Crippen LogP contribution in [0.15, 0.2) is 28.3 Å². The molecule has 0 aliphatic heterocycles. The molecule has 0 unspecified atom stereocenters. The van der Waals surface area contributed by atoms with Crippen LogP contribution in [0.4, 0.5) is 5.82 Å². The predicted molar refractivity (Wildman–Crippen MR) is 75.6 cm³/mol. The number of aryl methyl sites for hydroxylation is 1. The third-order valence-electron chi connectivity index (χ3n) is 3.18. The Labute approximate surface area is 118 Å². The lowest BCUT2D eigenvalue weighted by Gasteiger charge is -2.16. The standard InChI is InChI=1S/C13H13N3O3S/c1-8-9(3-5-19-8)7-15(2)11-10(12(17)18)16-4-6-20-13(16)14-11/h3-6H,7H2,1-2H3,(H,17,18). The zero-order valence-corrected chi connectivity index (χ0v) is 11.8. The number of anilines is 1. The number of carbonyl (C=O) groups is 1. The Bertz CT molecular complexity index is 771. The molecule has 3 aromatic rings. The van der Waals surface area contributed by atoms with Gasteiger partial charge in [-0.2, -0.15) is 0 Å². The first kappa shape index (κ1) is 12.7. The summed E-state index contributed by atoms with van der Waals surface area (Å²) < 4.78 is 6.85. The van der Waals surface area contributed by atoms with E-state index in [0.29, 0.717) is 17.3 Å². The van der Waals surface area contributed by atoms with Gasteiger partial charge in [0, 0.05) is 30.7 Å². The molecule has 3 rings (SSSR count). The Hall–Kier alpha value is -2.28. The van der Waals surface area contributed by atoms with Crippen LogP contribution in [-0.4, -0.2) is 27.5 Å². The molecule has 0 radical (unpaired) electrons. The fourth-order valence-electron chi connectivity index (χ4n) is 2.14. The summed E-state index contributed by atoms with van der Waals surface area (Å²) in [6.07, 6.45) is 3.35. The molecule has 0 aliphatic rings. The largest absolute Gasteiger partial charge is 0.476 e. The van der Waals surface area contributed by atoms with Gasteiger partial charge in [0.2, 0.25) is 0 Å². The lowest BCUT2D eigenvalue weighted by Crippen LogP contribution is -2.20. The molecule has 3 aromatic heterocycles. The molecule has 20 heavy (non-hydrogen) atoms. The summed E-state index contributed by atoms with van der Waals surface area (Å²) in [6, 6.07) is 1.88. The number of imidazole rings is 1. The van der Waals surface area contributed by atoms with Crippen molar-refractivity contribution in [2.75, 3.05) is 11.9 Å². The molecule has 0 saturated heterocycles. The van der Waals surface area contributed by atoms with E-state index in [2.05, 4.69) is 4.98 Å². The first-order valence-corrected chi connectivity index (χ1v) is 6.89. The monoisotopic (exact) mass is 291 g/mol. The number of thiazole rings is 1. The quantitative estimate of drug-likeness (QED) is 0.800. The number of furan rings is 1. The van der Waals surface area contributed by atoms with Gasteiger partial charge in [0.15, 0.2) is 16.5 Å². The first-order valence-electron chi connectivity index (χ1n) is 6.01. The van der Waals surface area contributed by atoms with Gasteiger partial charge in [-0.3, -0.25) is 4.40 Å². The van der Waals surface area contributed by atoms with Crippen molar-refractivity contribution in [1.82, 2.24) is 9.38 Å². The van der Waals surface area contributed by atoms with Crippen LogP contribution in [0.1, 0.15) is 21.8 Å². The number of rotatable bonds is 4. The van der Waals surface area contributed by atoms with Gasteiger partial charge in [0.25, 0.3) is 0 Å². The minimum atomic E-state index is -0.985. The van der Waals surface area contributed by atoms with Gasteiger partial charge in [-0.05, 0) is 13.0 Å². The fourth-order valence-corrected chi connectivity index (χ4v) is 2.85. The van der Waals surface area contributed by atoms with Crippen LogP contribution in [0.3, 0.4) is 0 Å². The van der Waals surface area contributed by atoms with Crippen molar-refractivity contribution in [3.8, 4) is 0 Å². The summed E-state index contributed by atoms with van der Waals surface area (Å²) in [6.45, 7) is 2.43. The minimum Gasteiger partial charge on any atom is -0.476 e. The van der Waals surface area contributed by atoms with Gasteiger partial charge in [0.1, 0.15) is 5.76 Å². The topological polar surface area (TPSA) is 71.0 Å². The molecular formula is C13H13N3O3S. The Morgan fingerprint density at radius 3 is 3.05 bits per heavy atom. The molecule has 6 nitrogen and oxygen atoms in total. The highest BCUT2D eigenvalue weighted by molar-refractivity contribution is 7.15. The number of carboxylic acid groups (broad SMARTS) is 1. The molecule has 0 atom stereocenters. The van der Waals surface area contributed by atoms with E-state index in [0.717, 1.165) is 11.3 Å². The fraction of sp³-hybridized carbons (Fsp3) is 0.231. The Kier molecular flexibility index (Phi) is 2.98. The van der Waals surface area contributed by atoms with Gasteiger partial charge < -0.3 is 14.4 Å². The molecule has 0 aromatic carbocycles. The van der Waals surface area contributed by atoms with Gasteiger partial charge in [-0.1, -0.05) is 0 Å². The SMILES string of the molecule is Cc1occc1CN(C)c1nc2sccn2c1C(=O)O. The smallest absolute Gasteiger partial charge is 0.356 e. The second-order valence-electron chi connectivity index (χ2n) is 4.50. The van der Waals surface area contributed by atoms with Gasteiger partial charge in [0.05, 0.1) is 6.26 Å². The molecule has 104 valence electrons. The lowest BCUT2D eigenvalue weighted by molar-refractivity contribution is 0.0690. The van der Waals surface area contributed by atoms with Crippen LogP contribution < -0.4 is 4.90 Å². The molecule has 0 bridgehead atoms. The van der Waals surface area contributed by atoms with Crippen molar-refractivity contribution in [1.29, 1.82) is 0 Å². The van der Waals surface area contributed by atoms with E-state index < -0.39 is 5.97 Å². The highest BCUT2D eigenvalue weighted by Crippen LogP contribution is 2.25. The van der Waals surface area contributed by atoms with Crippen LogP contribution in [0.5, 0.6) is 0 Å². The lowest BCUT2D eigenvalue weighted by atomic mass is 10.2. The number of hydrogen-bond donors (Lipinski definition) is 1. The third-order valence-corrected chi connectivity index (χ3v) is 3.94. The molecule has 0 saturated carbocycles. The predicted octanol–water partition coefficient (Wildman–Crippen LogP) is 2.63. The molecular weight excluding hydrogens is 278 g/mol. The molecule has 0 amide bonds. The van der Waals surface area contributed by atoms with Crippen molar-refractivity contribution < 1.29 is 14.3 Å². The van der Waals surface area contributed by atoms with Crippen LogP contribution in [-0.2, 0) is 6.54 Å². The normalized spacial score (nSPS) is 11.1. The zero-order chi connectivity index (χ0) is 14.3. The average molecular weight is 291 g/mol. The van der Waals surface area contributed by atoms with E-state index in [1.807, 2.05) is 30.3 Å². The van der Waals surface area contributed by atoms with E-state index in [1.54, 1.807) is 16.9 Å². The maximum Gasteiger partial charge on any atom is 0.356 e. The van der Waals surface area contributed by atoms with Crippen molar-refractivity contribution in [3.05, 3.63) is 40.9 Å². The second-order valence-corrected chi connectivity index (χ2v) is 5.38. The zero-order valence-electron chi connectivity index (χ0n) is 11.0. The summed E-state index contributed by atoms with van der Waals surface area (Å²) in [7, 11) is 1.82. The first-order chi connectivity index (χ1) is 9.58. The Morgan fingerprint density at radius 1 is 1.60 bits per heavy atom. The molecule has 7 heteroatoms. The summed E-state index contributed by atoms with van der Waals surface area (Å²) in [5, 5.41) is 11.2. The van der Waals surface area contributed by atoms with Crippen LogP contribution >= 0.6 is 11.3 Å². The van der Waals surface area contributed by atoms with Crippen LogP contribution in [0, 0.1) is 6.92 Å². The molecule has 0 spiro atoms. The summed E-state index contributed by atoms with van der Waals surface area (Å²) in [5.74, 6) is 0.307. The number of fused-ring (bicyclic) bond motifs is 1. The van der Waals surface area contributed by atoms with Crippen molar-refractivity contribution >= 4 is 28.1 Å². The van der Waals surface area contributed by atoms with E-state index in [4.69, 9.17) is 4.42 Å². The van der Waals surface area contributed by atoms with E-state index in [-0.39, 0.29) is 5.69 Å². The number of aromatic nitrogens is 2. The molecule has 0 aliphatic carbocycles. The highest BCUT2D eigenvalue weighted by atomic mass is 32.1. The average Bonchev–Trinajstić information content (AvgIpc) is 3.04. The van der Waals surface area contributed by atoms with Crippen molar-refractivity contribution in [3.63, 3.8) is 0 Å². The Morgan fingerprint density at radius 2 is 2.40 bits per heavy atom. The number of nitrogens with zero attached hydrogens (tertiary/aromatic N) is 3. The van der Waals surface area contributed by atoms with Crippen molar-refractivity contribution in [2.24, 2.45) is 0 Å². The highest BCUT2D eigenvalue weighted by Gasteiger charge is 2.22. The van der Waals surface area contributed by atoms with E-state index in [9.17, 15) is 9.90 Å². The van der Waals surface area contributed by atoms with Crippen LogP contribution in [0.25, 0.3) is 4.96 Å². The minimum absolute atomic E-state index is 0.185. The summed E-state index contributed by atoms with van der Waals surface area (Å²) >= 11 is 1.41. The third kappa shape index (κ3) is 1.96. The summed E-state index contributed by atoms with van der Waals surface area (Å²) in [5.41, 5.74) is 1.20. The van der Waals surface area contributed by atoms with Gasteiger partial charge >= 0.3 is 5.97 Å². The number of aromatic carboxylic acids is 1.